The minimum Gasteiger partial charge on any atom is -0.469 e. The van der Waals surface area contributed by atoms with Crippen LogP contribution in [0, 0.1) is 0 Å². The molecule has 1 aliphatic carbocycles. The van der Waals surface area contributed by atoms with Crippen molar-refractivity contribution < 1.29 is 19.4 Å². The quantitative estimate of drug-likeness (QED) is 0.699. The first-order valence-electron chi connectivity index (χ1n) is 7.73. The zero-order chi connectivity index (χ0) is 17.4. The minimum atomic E-state index is -0.829. The Morgan fingerprint density at radius 3 is 2.79 bits per heavy atom. The molecule has 1 aliphatic rings. The van der Waals surface area contributed by atoms with Crippen LogP contribution in [0.4, 0.5) is 0 Å². The Bertz CT molecular complexity index is 640. The number of ketones is 1. The average molecular weight is 347 g/mol. The van der Waals surface area contributed by atoms with Crippen LogP contribution in [0.5, 0.6) is 0 Å². The summed E-state index contributed by atoms with van der Waals surface area (Å²) in [5.41, 5.74) is 1.60. The lowest BCUT2D eigenvalue weighted by atomic mass is 10.1. The molecule has 5 nitrogen and oxygen atoms in total. The van der Waals surface area contributed by atoms with Crippen LogP contribution in [0.15, 0.2) is 53.1 Å². The number of carbonyl (C=O) groups excluding carboxylic acids is 2. The Labute approximate surface area is 145 Å². The zero-order valence-electron chi connectivity index (χ0n) is 13.5. The van der Waals surface area contributed by atoms with Crippen molar-refractivity contribution in [1.82, 2.24) is 5.32 Å². The third-order valence-corrected chi connectivity index (χ3v) is 4.63. The molecule has 0 spiro atoms. The standard InChI is InChI=1S/C18H21NO4S/c1-23-18(22)8-10-24-17-12-15(20)14(11-16(17)21)19-9-7-13-5-3-2-4-6-13/h2-6,11-12,16,19,21H,7-10H2,1H3. The number of allylic oxidation sites excluding steroid dienone is 1. The lowest BCUT2D eigenvalue weighted by Gasteiger charge is -2.19. The van der Waals surface area contributed by atoms with Gasteiger partial charge in [0.15, 0.2) is 0 Å². The number of aliphatic hydroxyl groups is 1. The van der Waals surface area contributed by atoms with E-state index in [0.717, 1.165) is 6.42 Å². The third-order valence-electron chi connectivity index (χ3n) is 3.53. The molecular formula is C18H21NO4S. The second-order valence-electron chi connectivity index (χ2n) is 5.27. The van der Waals surface area contributed by atoms with Crippen molar-refractivity contribution in [3.8, 4) is 0 Å². The Morgan fingerprint density at radius 2 is 2.08 bits per heavy atom. The Hall–Kier alpha value is -2.05. The fourth-order valence-corrected chi connectivity index (χ4v) is 3.16. The van der Waals surface area contributed by atoms with Gasteiger partial charge in [-0.1, -0.05) is 30.3 Å². The van der Waals surface area contributed by atoms with Gasteiger partial charge >= 0.3 is 5.97 Å². The number of benzene rings is 1. The summed E-state index contributed by atoms with van der Waals surface area (Å²) in [6.07, 6.45) is 3.16. The van der Waals surface area contributed by atoms with E-state index in [-0.39, 0.29) is 18.2 Å². The maximum atomic E-state index is 12.1. The molecule has 2 rings (SSSR count). The molecule has 1 aromatic rings. The van der Waals surface area contributed by atoms with Crippen LogP contribution in [0.2, 0.25) is 0 Å². The van der Waals surface area contributed by atoms with Gasteiger partial charge in [0, 0.05) is 23.3 Å². The van der Waals surface area contributed by atoms with E-state index in [1.165, 1.54) is 36.6 Å². The number of hydrogen-bond donors (Lipinski definition) is 2. The fraction of sp³-hybridized carbons (Fsp3) is 0.333. The van der Waals surface area contributed by atoms with Crippen LogP contribution in [0.3, 0.4) is 0 Å². The summed E-state index contributed by atoms with van der Waals surface area (Å²) in [6, 6.07) is 9.98. The SMILES string of the molecule is COC(=O)CCSC1=CC(=O)C(NCCc2ccccc2)=CC1O. The van der Waals surface area contributed by atoms with E-state index in [9.17, 15) is 14.7 Å². The second-order valence-corrected chi connectivity index (χ2v) is 6.44. The highest BCUT2D eigenvalue weighted by molar-refractivity contribution is 8.03. The minimum absolute atomic E-state index is 0.158. The van der Waals surface area contributed by atoms with Gasteiger partial charge in [-0.25, -0.2) is 0 Å². The number of thioether (sulfide) groups is 1. The first kappa shape index (κ1) is 18.3. The van der Waals surface area contributed by atoms with Crippen LogP contribution in [0.25, 0.3) is 0 Å². The second kappa shape index (κ2) is 9.30. The van der Waals surface area contributed by atoms with Gasteiger partial charge in [0.2, 0.25) is 5.78 Å². The average Bonchev–Trinajstić information content (AvgIpc) is 2.59. The van der Waals surface area contributed by atoms with Crippen LogP contribution in [-0.4, -0.2) is 42.4 Å². The summed E-state index contributed by atoms with van der Waals surface area (Å²) in [7, 11) is 1.33. The van der Waals surface area contributed by atoms with Crippen molar-refractivity contribution in [2.24, 2.45) is 0 Å². The van der Waals surface area contributed by atoms with Gasteiger partial charge in [0.1, 0.15) is 6.10 Å². The lowest BCUT2D eigenvalue weighted by molar-refractivity contribution is -0.140. The van der Waals surface area contributed by atoms with Crippen LogP contribution >= 0.6 is 11.8 Å². The topological polar surface area (TPSA) is 75.6 Å². The molecular weight excluding hydrogens is 326 g/mol. The van der Waals surface area contributed by atoms with Crippen LogP contribution in [0.1, 0.15) is 12.0 Å². The highest BCUT2D eigenvalue weighted by Gasteiger charge is 2.21. The third kappa shape index (κ3) is 5.54. The van der Waals surface area contributed by atoms with E-state index in [2.05, 4.69) is 10.1 Å². The molecule has 0 heterocycles. The molecule has 1 unspecified atom stereocenters. The number of rotatable bonds is 8. The van der Waals surface area contributed by atoms with Gasteiger partial charge in [-0.05, 0) is 18.1 Å². The Morgan fingerprint density at radius 1 is 1.33 bits per heavy atom. The summed E-state index contributed by atoms with van der Waals surface area (Å²) in [4.78, 5) is 23.8. The summed E-state index contributed by atoms with van der Waals surface area (Å²) >= 11 is 1.29. The Kier molecular flexibility index (Phi) is 7.08. The first-order chi connectivity index (χ1) is 11.6. The molecule has 0 saturated carbocycles. The molecule has 0 aromatic heterocycles. The molecule has 128 valence electrons. The fourth-order valence-electron chi connectivity index (χ4n) is 2.23. The predicted molar refractivity (Wildman–Crippen MR) is 94.4 cm³/mol. The monoisotopic (exact) mass is 347 g/mol. The lowest BCUT2D eigenvalue weighted by Crippen LogP contribution is -2.27. The molecule has 2 N–H and O–H groups in total. The zero-order valence-corrected chi connectivity index (χ0v) is 14.3. The summed E-state index contributed by atoms with van der Waals surface area (Å²) in [6.45, 7) is 0.618. The van der Waals surface area contributed by atoms with Crippen molar-refractivity contribution >= 4 is 23.5 Å². The van der Waals surface area contributed by atoms with E-state index in [1.54, 1.807) is 0 Å². The molecule has 0 bridgehead atoms. The maximum absolute atomic E-state index is 12.1. The number of carbonyl (C=O) groups is 2. The van der Waals surface area contributed by atoms with Crippen molar-refractivity contribution in [1.29, 1.82) is 0 Å². The van der Waals surface area contributed by atoms with Gasteiger partial charge in [0.05, 0.1) is 19.2 Å². The Balaban J connectivity index is 1.81. The van der Waals surface area contributed by atoms with Crippen molar-refractivity contribution in [3.05, 3.63) is 58.6 Å². The van der Waals surface area contributed by atoms with Crippen molar-refractivity contribution in [2.45, 2.75) is 18.9 Å². The number of hydrogen-bond acceptors (Lipinski definition) is 6. The molecule has 0 aliphatic heterocycles. The molecule has 0 radical (unpaired) electrons. The van der Waals surface area contributed by atoms with E-state index in [4.69, 9.17) is 0 Å². The van der Waals surface area contributed by atoms with Crippen LogP contribution < -0.4 is 5.32 Å². The highest BCUT2D eigenvalue weighted by Crippen LogP contribution is 2.25. The molecule has 0 saturated heterocycles. The van der Waals surface area contributed by atoms with Gasteiger partial charge < -0.3 is 15.2 Å². The number of esters is 1. The van der Waals surface area contributed by atoms with Crippen molar-refractivity contribution in [2.75, 3.05) is 19.4 Å². The molecule has 1 aromatic carbocycles. The van der Waals surface area contributed by atoms with E-state index < -0.39 is 6.10 Å². The van der Waals surface area contributed by atoms with Gasteiger partial charge in [-0.15, -0.1) is 11.8 Å². The number of nitrogens with one attached hydrogen (secondary N) is 1. The molecule has 0 fully saturated rings. The number of aliphatic hydroxyl groups excluding tert-OH is 1. The molecule has 1 atom stereocenters. The number of methoxy groups -OCH3 is 1. The summed E-state index contributed by atoms with van der Waals surface area (Å²) < 4.78 is 4.56. The van der Waals surface area contributed by atoms with Gasteiger partial charge in [0.25, 0.3) is 0 Å². The van der Waals surface area contributed by atoms with Crippen LogP contribution in [-0.2, 0) is 20.7 Å². The normalized spacial score (nSPS) is 17.1. The van der Waals surface area contributed by atoms with Gasteiger partial charge in [-0.3, -0.25) is 9.59 Å². The number of ether oxygens (including phenoxy) is 1. The van der Waals surface area contributed by atoms with Crippen molar-refractivity contribution in [3.63, 3.8) is 0 Å². The highest BCUT2D eigenvalue weighted by atomic mass is 32.2. The smallest absolute Gasteiger partial charge is 0.306 e. The van der Waals surface area contributed by atoms with Gasteiger partial charge in [-0.2, -0.15) is 0 Å². The first-order valence-corrected chi connectivity index (χ1v) is 8.72. The maximum Gasteiger partial charge on any atom is 0.306 e. The largest absolute Gasteiger partial charge is 0.469 e. The summed E-state index contributed by atoms with van der Waals surface area (Å²) in [5.74, 6) is 0.000420. The molecule has 6 heteroatoms. The molecule has 24 heavy (non-hydrogen) atoms. The summed E-state index contributed by atoms with van der Waals surface area (Å²) in [5, 5.41) is 13.2. The predicted octanol–water partition coefficient (Wildman–Crippen LogP) is 1.83. The molecule has 0 amide bonds. The van der Waals surface area contributed by atoms with E-state index in [0.29, 0.717) is 22.9 Å². The van der Waals surface area contributed by atoms with E-state index in [1.807, 2.05) is 30.3 Å². The van der Waals surface area contributed by atoms with E-state index >= 15 is 0 Å².